The zero-order valence-electron chi connectivity index (χ0n) is 12.3. The standard InChI is InChI=1S/C16H23N3O2/c20-19(21)15-7-5-13(6-8-15)11-18-10-2-3-14(12-18)16-4-1-9-17-16/h5-8,14,16-17H,1-4,9-12H2. The minimum atomic E-state index is -0.341. The molecule has 2 unspecified atom stereocenters. The molecule has 2 atom stereocenters. The van der Waals surface area contributed by atoms with Crippen molar-refractivity contribution in [3.8, 4) is 0 Å². The molecule has 1 N–H and O–H groups in total. The van der Waals surface area contributed by atoms with E-state index in [-0.39, 0.29) is 10.6 Å². The molecule has 0 radical (unpaired) electrons. The van der Waals surface area contributed by atoms with Crippen LogP contribution in [0.5, 0.6) is 0 Å². The number of non-ortho nitro benzene ring substituents is 1. The highest BCUT2D eigenvalue weighted by Crippen LogP contribution is 2.26. The molecule has 1 aromatic carbocycles. The third kappa shape index (κ3) is 3.60. The van der Waals surface area contributed by atoms with E-state index in [4.69, 9.17) is 0 Å². The summed E-state index contributed by atoms with van der Waals surface area (Å²) in [7, 11) is 0. The molecule has 2 aliphatic rings. The molecule has 0 spiro atoms. The number of nitro groups is 1. The fourth-order valence-electron chi connectivity index (χ4n) is 3.66. The van der Waals surface area contributed by atoms with Gasteiger partial charge >= 0.3 is 0 Å². The second-order valence-corrected chi connectivity index (χ2v) is 6.26. The Morgan fingerprint density at radius 2 is 2.05 bits per heavy atom. The fourth-order valence-corrected chi connectivity index (χ4v) is 3.66. The molecule has 0 bridgehead atoms. The Morgan fingerprint density at radius 1 is 1.24 bits per heavy atom. The third-order valence-electron chi connectivity index (χ3n) is 4.76. The van der Waals surface area contributed by atoms with Gasteiger partial charge in [-0.15, -0.1) is 0 Å². The van der Waals surface area contributed by atoms with Crippen LogP contribution in [0.2, 0.25) is 0 Å². The van der Waals surface area contributed by atoms with E-state index in [1.807, 2.05) is 12.1 Å². The Labute approximate surface area is 125 Å². The highest BCUT2D eigenvalue weighted by molar-refractivity contribution is 5.32. The van der Waals surface area contributed by atoms with Crippen LogP contribution in [-0.4, -0.2) is 35.5 Å². The lowest BCUT2D eigenvalue weighted by molar-refractivity contribution is -0.384. The fraction of sp³-hybridized carbons (Fsp3) is 0.625. The van der Waals surface area contributed by atoms with Crippen LogP contribution < -0.4 is 5.32 Å². The monoisotopic (exact) mass is 289 g/mol. The van der Waals surface area contributed by atoms with Crippen LogP contribution in [0, 0.1) is 16.0 Å². The summed E-state index contributed by atoms with van der Waals surface area (Å²) in [5.74, 6) is 0.763. The molecule has 5 heteroatoms. The summed E-state index contributed by atoms with van der Waals surface area (Å²) in [6.45, 7) is 4.36. The van der Waals surface area contributed by atoms with Crippen LogP contribution in [0.15, 0.2) is 24.3 Å². The molecule has 0 aliphatic carbocycles. The zero-order chi connectivity index (χ0) is 14.7. The zero-order valence-corrected chi connectivity index (χ0v) is 12.3. The summed E-state index contributed by atoms with van der Waals surface area (Å²) in [5, 5.41) is 14.3. The first-order valence-electron chi connectivity index (χ1n) is 7.91. The van der Waals surface area contributed by atoms with Crippen LogP contribution >= 0.6 is 0 Å². The molecule has 21 heavy (non-hydrogen) atoms. The largest absolute Gasteiger partial charge is 0.314 e. The van der Waals surface area contributed by atoms with Gasteiger partial charge in [-0.05, 0) is 50.3 Å². The molecule has 2 fully saturated rings. The van der Waals surface area contributed by atoms with Gasteiger partial charge in [0.05, 0.1) is 4.92 Å². The molecule has 2 heterocycles. The molecule has 1 aromatic rings. The van der Waals surface area contributed by atoms with E-state index in [9.17, 15) is 10.1 Å². The minimum Gasteiger partial charge on any atom is -0.314 e. The Kier molecular flexibility index (Phi) is 4.51. The number of hydrogen-bond acceptors (Lipinski definition) is 4. The number of nitrogens with zero attached hydrogens (tertiary/aromatic N) is 2. The van der Waals surface area contributed by atoms with Gasteiger partial charge in [-0.2, -0.15) is 0 Å². The van der Waals surface area contributed by atoms with Crippen molar-refractivity contribution < 1.29 is 4.92 Å². The lowest BCUT2D eigenvalue weighted by Crippen LogP contribution is -2.43. The van der Waals surface area contributed by atoms with Gasteiger partial charge in [0.25, 0.3) is 5.69 Å². The predicted molar refractivity (Wildman–Crippen MR) is 82.1 cm³/mol. The summed E-state index contributed by atoms with van der Waals surface area (Å²) in [6.07, 6.45) is 5.21. The van der Waals surface area contributed by atoms with Crippen LogP contribution in [0.3, 0.4) is 0 Å². The van der Waals surface area contributed by atoms with Crippen molar-refractivity contribution in [1.29, 1.82) is 0 Å². The van der Waals surface area contributed by atoms with Crippen molar-refractivity contribution in [3.63, 3.8) is 0 Å². The smallest absolute Gasteiger partial charge is 0.269 e. The molecule has 2 aliphatic heterocycles. The van der Waals surface area contributed by atoms with E-state index in [0.29, 0.717) is 6.04 Å². The van der Waals surface area contributed by atoms with Crippen LogP contribution in [-0.2, 0) is 6.54 Å². The molecule has 2 saturated heterocycles. The summed E-state index contributed by atoms with van der Waals surface area (Å²) in [6, 6.07) is 7.68. The normalized spacial score (nSPS) is 26.9. The van der Waals surface area contributed by atoms with Crippen molar-refractivity contribution in [2.24, 2.45) is 5.92 Å². The van der Waals surface area contributed by atoms with Gasteiger partial charge in [-0.25, -0.2) is 0 Å². The van der Waals surface area contributed by atoms with Crippen LogP contribution in [0.4, 0.5) is 5.69 Å². The van der Waals surface area contributed by atoms with Crippen molar-refractivity contribution >= 4 is 5.69 Å². The Hall–Kier alpha value is -1.46. The number of nitrogens with one attached hydrogen (secondary N) is 1. The van der Waals surface area contributed by atoms with Gasteiger partial charge in [0, 0.05) is 31.3 Å². The lowest BCUT2D eigenvalue weighted by atomic mass is 9.89. The first kappa shape index (κ1) is 14.5. The van der Waals surface area contributed by atoms with E-state index >= 15 is 0 Å². The predicted octanol–water partition coefficient (Wildman–Crippen LogP) is 2.56. The van der Waals surface area contributed by atoms with Crippen molar-refractivity contribution in [2.45, 2.75) is 38.3 Å². The first-order valence-corrected chi connectivity index (χ1v) is 7.91. The number of benzene rings is 1. The SMILES string of the molecule is O=[N+]([O-])c1ccc(CN2CCCC(C3CCCN3)C2)cc1. The first-order chi connectivity index (χ1) is 10.2. The van der Waals surface area contributed by atoms with Crippen LogP contribution in [0.1, 0.15) is 31.2 Å². The van der Waals surface area contributed by atoms with Crippen molar-refractivity contribution in [1.82, 2.24) is 10.2 Å². The summed E-state index contributed by atoms with van der Waals surface area (Å²) in [5.41, 5.74) is 1.34. The number of likely N-dealkylation sites (tertiary alicyclic amines) is 1. The summed E-state index contributed by atoms with van der Waals surface area (Å²) < 4.78 is 0. The third-order valence-corrected chi connectivity index (χ3v) is 4.76. The molecular weight excluding hydrogens is 266 g/mol. The quantitative estimate of drug-likeness (QED) is 0.683. The average molecular weight is 289 g/mol. The number of hydrogen-bond donors (Lipinski definition) is 1. The Balaban J connectivity index is 1.57. The molecular formula is C16H23N3O2. The highest BCUT2D eigenvalue weighted by atomic mass is 16.6. The lowest BCUT2D eigenvalue weighted by Gasteiger charge is -2.35. The summed E-state index contributed by atoms with van der Waals surface area (Å²) >= 11 is 0. The average Bonchev–Trinajstić information content (AvgIpc) is 3.02. The maximum Gasteiger partial charge on any atom is 0.269 e. The molecule has 114 valence electrons. The maximum absolute atomic E-state index is 10.7. The maximum atomic E-state index is 10.7. The number of rotatable bonds is 4. The molecule has 0 saturated carbocycles. The molecule has 0 amide bonds. The van der Waals surface area contributed by atoms with Gasteiger partial charge in [-0.1, -0.05) is 12.1 Å². The second kappa shape index (κ2) is 6.54. The van der Waals surface area contributed by atoms with Gasteiger partial charge in [-0.3, -0.25) is 15.0 Å². The number of nitro benzene ring substituents is 1. The van der Waals surface area contributed by atoms with Gasteiger partial charge in [0.2, 0.25) is 0 Å². The van der Waals surface area contributed by atoms with Crippen LogP contribution in [0.25, 0.3) is 0 Å². The van der Waals surface area contributed by atoms with Gasteiger partial charge < -0.3 is 5.32 Å². The van der Waals surface area contributed by atoms with E-state index in [2.05, 4.69) is 10.2 Å². The molecule has 3 rings (SSSR count). The topological polar surface area (TPSA) is 58.4 Å². The van der Waals surface area contributed by atoms with E-state index in [1.165, 1.54) is 37.8 Å². The Morgan fingerprint density at radius 3 is 2.71 bits per heavy atom. The number of piperidine rings is 1. The van der Waals surface area contributed by atoms with E-state index in [0.717, 1.165) is 25.6 Å². The van der Waals surface area contributed by atoms with E-state index < -0.39 is 0 Å². The minimum absolute atomic E-state index is 0.172. The second-order valence-electron chi connectivity index (χ2n) is 6.26. The van der Waals surface area contributed by atoms with Gasteiger partial charge in [0.1, 0.15) is 0 Å². The van der Waals surface area contributed by atoms with Crippen molar-refractivity contribution in [2.75, 3.05) is 19.6 Å². The summed E-state index contributed by atoms with van der Waals surface area (Å²) in [4.78, 5) is 12.8. The van der Waals surface area contributed by atoms with Crippen molar-refractivity contribution in [3.05, 3.63) is 39.9 Å². The molecule has 0 aromatic heterocycles. The molecule has 5 nitrogen and oxygen atoms in total. The van der Waals surface area contributed by atoms with E-state index in [1.54, 1.807) is 12.1 Å². The Bertz CT molecular complexity index is 483. The van der Waals surface area contributed by atoms with Gasteiger partial charge in [0.15, 0.2) is 0 Å². The highest BCUT2D eigenvalue weighted by Gasteiger charge is 2.28.